The molecule has 0 fully saturated rings. The molecule has 1 atom stereocenters. The lowest BCUT2D eigenvalue weighted by molar-refractivity contribution is -0.0201. The summed E-state index contributed by atoms with van der Waals surface area (Å²) < 4.78 is 5.36. The average Bonchev–Trinajstić information content (AvgIpc) is 2.28. The van der Waals surface area contributed by atoms with Crippen molar-refractivity contribution in [2.45, 2.75) is 52.2 Å². The van der Waals surface area contributed by atoms with Gasteiger partial charge in [-0.1, -0.05) is 38.1 Å². The van der Waals surface area contributed by atoms with E-state index in [1.807, 2.05) is 26.0 Å². The maximum absolute atomic E-state index is 10.3. The van der Waals surface area contributed by atoms with Crippen molar-refractivity contribution in [2.24, 2.45) is 5.92 Å². The highest BCUT2D eigenvalue weighted by Crippen LogP contribution is 2.26. The van der Waals surface area contributed by atoms with E-state index >= 15 is 0 Å². The Labute approximate surface area is 111 Å². The molecule has 102 valence electrons. The van der Waals surface area contributed by atoms with Crippen molar-refractivity contribution >= 4 is 0 Å². The van der Waals surface area contributed by atoms with Crippen molar-refractivity contribution in [3.8, 4) is 0 Å². The van der Waals surface area contributed by atoms with E-state index < -0.39 is 6.10 Å². The van der Waals surface area contributed by atoms with Crippen LogP contribution in [0.1, 0.15) is 51.3 Å². The van der Waals surface area contributed by atoms with E-state index in [1.165, 1.54) is 5.56 Å². The van der Waals surface area contributed by atoms with E-state index in [1.54, 1.807) is 7.11 Å². The van der Waals surface area contributed by atoms with Crippen molar-refractivity contribution < 1.29 is 9.84 Å². The molecule has 0 saturated carbocycles. The lowest BCUT2D eigenvalue weighted by Crippen LogP contribution is -2.25. The zero-order chi connectivity index (χ0) is 13.8. The Morgan fingerprint density at radius 3 is 2.50 bits per heavy atom. The Kier molecular flexibility index (Phi) is 5.36. The summed E-state index contributed by atoms with van der Waals surface area (Å²) in [5.74, 6) is 0.632. The zero-order valence-corrected chi connectivity index (χ0v) is 12.2. The van der Waals surface area contributed by atoms with Crippen LogP contribution in [0.25, 0.3) is 0 Å². The van der Waals surface area contributed by atoms with Gasteiger partial charge in [0.15, 0.2) is 0 Å². The standard InChI is InChI=1S/C16H26O2/c1-12(2)9-13-7-6-8-14(10-13)15(17)11-16(3,4)18-5/h6-8,10,12,15,17H,9,11H2,1-5H3. The first-order valence-corrected chi connectivity index (χ1v) is 6.66. The molecule has 0 aliphatic carbocycles. The van der Waals surface area contributed by atoms with Crippen LogP contribution < -0.4 is 0 Å². The summed E-state index contributed by atoms with van der Waals surface area (Å²) >= 11 is 0. The van der Waals surface area contributed by atoms with E-state index in [-0.39, 0.29) is 5.60 Å². The number of hydrogen-bond acceptors (Lipinski definition) is 2. The molecule has 1 rings (SSSR count). The molecule has 0 aliphatic heterocycles. The van der Waals surface area contributed by atoms with Gasteiger partial charge in [0.2, 0.25) is 0 Å². The molecule has 0 heterocycles. The summed E-state index contributed by atoms with van der Waals surface area (Å²) in [6.45, 7) is 8.40. The van der Waals surface area contributed by atoms with Crippen molar-refractivity contribution in [3.63, 3.8) is 0 Å². The average molecular weight is 250 g/mol. The summed E-state index contributed by atoms with van der Waals surface area (Å²) in [6, 6.07) is 8.24. The number of rotatable bonds is 6. The molecule has 1 aromatic carbocycles. The van der Waals surface area contributed by atoms with Crippen LogP contribution >= 0.6 is 0 Å². The van der Waals surface area contributed by atoms with Crippen LogP contribution in [0.5, 0.6) is 0 Å². The quantitative estimate of drug-likeness (QED) is 0.833. The number of aliphatic hydroxyl groups excluding tert-OH is 1. The highest BCUT2D eigenvalue weighted by atomic mass is 16.5. The Morgan fingerprint density at radius 1 is 1.28 bits per heavy atom. The topological polar surface area (TPSA) is 29.5 Å². The highest BCUT2D eigenvalue weighted by molar-refractivity contribution is 5.25. The maximum Gasteiger partial charge on any atom is 0.0817 e. The first kappa shape index (κ1) is 15.2. The SMILES string of the molecule is COC(C)(C)CC(O)c1cccc(CC(C)C)c1. The number of ether oxygens (including phenoxy) is 1. The molecule has 0 aliphatic rings. The van der Waals surface area contributed by atoms with Gasteiger partial charge in [0.1, 0.15) is 0 Å². The Bertz CT molecular complexity index is 369. The molecule has 0 amide bonds. The van der Waals surface area contributed by atoms with Crippen molar-refractivity contribution in [2.75, 3.05) is 7.11 Å². The Balaban J connectivity index is 2.76. The molecule has 1 unspecified atom stereocenters. The summed E-state index contributed by atoms with van der Waals surface area (Å²) in [5, 5.41) is 10.3. The van der Waals surface area contributed by atoms with Gasteiger partial charge in [0, 0.05) is 13.5 Å². The predicted molar refractivity (Wildman–Crippen MR) is 75.6 cm³/mol. The minimum atomic E-state index is -0.466. The van der Waals surface area contributed by atoms with Gasteiger partial charge in [-0.2, -0.15) is 0 Å². The van der Waals surface area contributed by atoms with Crippen LogP contribution in [0.15, 0.2) is 24.3 Å². The highest BCUT2D eigenvalue weighted by Gasteiger charge is 2.22. The molecular formula is C16H26O2. The molecular weight excluding hydrogens is 224 g/mol. The number of aliphatic hydroxyl groups is 1. The second kappa shape index (κ2) is 6.35. The van der Waals surface area contributed by atoms with Gasteiger partial charge in [-0.25, -0.2) is 0 Å². The molecule has 1 N–H and O–H groups in total. The maximum atomic E-state index is 10.3. The van der Waals surface area contributed by atoms with E-state index in [0.29, 0.717) is 12.3 Å². The van der Waals surface area contributed by atoms with E-state index in [2.05, 4.69) is 26.0 Å². The zero-order valence-electron chi connectivity index (χ0n) is 12.2. The van der Waals surface area contributed by atoms with Crippen LogP contribution in [-0.4, -0.2) is 17.8 Å². The van der Waals surface area contributed by atoms with Gasteiger partial charge in [0.05, 0.1) is 11.7 Å². The second-order valence-corrected chi connectivity index (χ2v) is 6.03. The van der Waals surface area contributed by atoms with Crippen molar-refractivity contribution in [3.05, 3.63) is 35.4 Å². The molecule has 0 saturated heterocycles. The molecule has 0 bridgehead atoms. The third-order valence-electron chi connectivity index (χ3n) is 3.22. The minimum Gasteiger partial charge on any atom is -0.388 e. The van der Waals surface area contributed by atoms with Gasteiger partial charge in [-0.05, 0) is 37.3 Å². The van der Waals surface area contributed by atoms with Crippen LogP contribution in [-0.2, 0) is 11.2 Å². The van der Waals surface area contributed by atoms with Crippen LogP contribution in [0.2, 0.25) is 0 Å². The van der Waals surface area contributed by atoms with Gasteiger partial charge in [-0.15, -0.1) is 0 Å². The smallest absolute Gasteiger partial charge is 0.0817 e. The Morgan fingerprint density at radius 2 is 1.94 bits per heavy atom. The van der Waals surface area contributed by atoms with Crippen LogP contribution in [0.4, 0.5) is 0 Å². The van der Waals surface area contributed by atoms with Gasteiger partial charge < -0.3 is 9.84 Å². The summed E-state index contributed by atoms with van der Waals surface area (Å²) in [4.78, 5) is 0. The lowest BCUT2D eigenvalue weighted by atomic mass is 9.93. The molecule has 0 radical (unpaired) electrons. The Hall–Kier alpha value is -0.860. The molecule has 0 aromatic heterocycles. The third kappa shape index (κ3) is 4.79. The van der Waals surface area contributed by atoms with Crippen molar-refractivity contribution in [1.29, 1.82) is 0 Å². The fourth-order valence-electron chi connectivity index (χ4n) is 2.07. The summed E-state index contributed by atoms with van der Waals surface area (Å²) in [7, 11) is 1.68. The largest absolute Gasteiger partial charge is 0.388 e. The molecule has 1 aromatic rings. The van der Waals surface area contributed by atoms with E-state index in [4.69, 9.17) is 4.74 Å². The number of hydrogen-bond donors (Lipinski definition) is 1. The minimum absolute atomic E-state index is 0.298. The van der Waals surface area contributed by atoms with Gasteiger partial charge in [-0.3, -0.25) is 0 Å². The first-order chi connectivity index (χ1) is 8.34. The van der Waals surface area contributed by atoms with Gasteiger partial charge in [0.25, 0.3) is 0 Å². The van der Waals surface area contributed by atoms with Crippen LogP contribution in [0.3, 0.4) is 0 Å². The monoisotopic (exact) mass is 250 g/mol. The third-order valence-corrected chi connectivity index (χ3v) is 3.22. The summed E-state index contributed by atoms with van der Waals surface area (Å²) in [5.41, 5.74) is 1.98. The van der Waals surface area contributed by atoms with E-state index in [9.17, 15) is 5.11 Å². The van der Waals surface area contributed by atoms with Gasteiger partial charge >= 0.3 is 0 Å². The number of benzene rings is 1. The molecule has 18 heavy (non-hydrogen) atoms. The predicted octanol–water partition coefficient (Wildman–Crippen LogP) is 3.73. The fourth-order valence-corrected chi connectivity index (χ4v) is 2.07. The first-order valence-electron chi connectivity index (χ1n) is 6.66. The molecule has 2 heteroatoms. The molecule has 0 spiro atoms. The second-order valence-electron chi connectivity index (χ2n) is 6.03. The van der Waals surface area contributed by atoms with Crippen LogP contribution in [0, 0.1) is 5.92 Å². The van der Waals surface area contributed by atoms with E-state index in [0.717, 1.165) is 12.0 Å². The van der Waals surface area contributed by atoms with Crippen molar-refractivity contribution in [1.82, 2.24) is 0 Å². The normalized spacial score (nSPS) is 13.9. The molecule has 2 nitrogen and oxygen atoms in total. The fraction of sp³-hybridized carbons (Fsp3) is 0.625. The summed E-state index contributed by atoms with van der Waals surface area (Å²) in [6.07, 6.45) is 1.19. The number of methoxy groups -OCH3 is 1. The lowest BCUT2D eigenvalue weighted by Gasteiger charge is -2.26.